The van der Waals surface area contributed by atoms with Crippen molar-refractivity contribution in [2.24, 2.45) is 5.41 Å². The number of hydrogen-bond donors (Lipinski definition) is 2. The van der Waals surface area contributed by atoms with Gasteiger partial charge in [0.2, 0.25) is 0 Å². The quantitative estimate of drug-likeness (QED) is 0.887. The number of fused-ring (bicyclic) bond motifs is 3. The first-order valence-electron chi connectivity index (χ1n) is 8.65. The van der Waals surface area contributed by atoms with Crippen molar-refractivity contribution in [3.8, 4) is 11.1 Å². The molecule has 25 heavy (non-hydrogen) atoms. The Morgan fingerprint density at radius 2 is 1.60 bits per heavy atom. The Labute approximate surface area is 148 Å². The number of benzene rings is 2. The van der Waals surface area contributed by atoms with E-state index in [1.165, 1.54) is 22.3 Å². The lowest BCUT2D eigenvalue weighted by atomic mass is 9.89. The van der Waals surface area contributed by atoms with E-state index in [0.717, 1.165) is 0 Å². The lowest BCUT2D eigenvalue weighted by Crippen LogP contribution is -2.39. The molecule has 2 aromatic carbocycles. The van der Waals surface area contributed by atoms with Crippen LogP contribution in [-0.2, 0) is 4.74 Å². The summed E-state index contributed by atoms with van der Waals surface area (Å²) in [6.07, 6.45) is -1.11. The van der Waals surface area contributed by atoms with Gasteiger partial charge in [0.25, 0.3) is 0 Å². The zero-order chi connectivity index (χ0) is 18.0. The van der Waals surface area contributed by atoms with Crippen molar-refractivity contribution >= 4 is 6.09 Å². The molecule has 4 heteroatoms. The molecule has 132 valence electrons. The summed E-state index contributed by atoms with van der Waals surface area (Å²) in [7, 11) is 0. The Kier molecular flexibility index (Phi) is 4.82. The van der Waals surface area contributed by atoms with Crippen molar-refractivity contribution in [2.75, 3.05) is 13.2 Å². The minimum atomic E-state index is -0.618. The van der Waals surface area contributed by atoms with Gasteiger partial charge in [-0.3, -0.25) is 0 Å². The number of alkyl carbamates (subject to hydrolysis) is 1. The first-order valence-corrected chi connectivity index (χ1v) is 8.65. The lowest BCUT2D eigenvalue weighted by molar-refractivity contribution is 0.0598. The zero-order valence-corrected chi connectivity index (χ0v) is 15.0. The van der Waals surface area contributed by atoms with Crippen LogP contribution in [0.2, 0.25) is 0 Å². The maximum Gasteiger partial charge on any atom is 0.407 e. The average Bonchev–Trinajstić information content (AvgIpc) is 2.91. The summed E-state index contributed by atoms with van der Waals surface area (Å²) in [4.78, 5) is 12.0. The molecule has 1 amide bonds. The van der Waals surface area contributed by atoms with E-state index in [4.69, 9.17) is 4.74 Å². The van der Waals surface area contributed by atoms with Crippen LogP contribution >= 0.6 is 0 Å². The normalized spacial score (nSPS) is 14.6. The van der Waals surface area contributed by atoms with Crippen molar-refractivity contribution in [3.05, 3.63) is 59.7 Å². The molecule has 3 rings (SSSR count). The summed E-state index contributed by atoms with van der Waals surface area (Å²) in [5.74, 6) is 0.0469. The molecule has 0 aliphatic heterocycles. The van der Waals surface area contributed by atoms with Gasteiger partial charge in [0.15, 0.2) is 0 Å². The molecule has 0 spiro atoms. The number of ether oxygens (including phenoxy) is 1. The molecule has 0 bridgehead atoms. The summed E-state index contributed by atoms with van der Waals surface area (Å²) in [6.45, 7) is 6.25. The lowest BCUT2D eigenvalue weighted by Gasteiger charge is -2.25. The Morgan fingerprint density at radius 3 is 2.12 bits per heavy atom. The fraction of sp³-hybridized carbons (Fsp3) is 0.381. The zero-order valence-electron chi connectivity index (χ0n) is 15.0. The highest BCUT2D eigenvalue weighted by Crippen LogP contribution is 2.44. The van der Waals surface area contributed by atoms with Crippen molar-refractivity contribution in [3.63, 3.8) is 0 Å². The average molecular weight is 339 g/mol. The van der Waals surface area contributed by atoms with Crippen molar-refractivity contribution < 1.29 is 14.6 Å². The first kappa shape index (κ1) is 17.5. The molecule has 0 saturated carbocycles. The van der Waals surface area contributed by atoms with Crippen molar-refractivity contribution in [1.82, 2.24) is 5.32 Å². The van der Waals surface area contributed by atoms with Crippen molar-refractivity contribution in [1.29, 1.82) is 0 Å². The molecule has 0 aromatic heterocycles. The number of nitrogens with one attached hydrogen (secondary N) is 1. The third-order valence-corrected chi connectivity index (χ3v) is 4.78. The molecule has 0 fully saturated rings. The Hall–Kier alpha value is -2.33. The summed E-state index contributed by atoms with van der Waals surface area (Å²) in [5, 5.41) is 12.7. The minimum Gasteiger partial charge on any atom is -0.449 e. The second kappa shape index (κ2) is 6.89. The number of rotatable bonds is 4. The molecule has 1 unspecified atom stereocenters. The monoisotopic (exact) mass is 339 g/mol. The van der Waals surface area contributed by atoms with E-state index in [1.807, 2.05) is 45.0 Å². The molecule has 2 aromatic rings. The highest BCUT2D eigenvalue weighted by atomic mass is 16.5. The van der Waals surface area contributed by atoms with Gasteiger partial charge in [-0.2, -0.15) is 0 Å². The molecule has 0 saturated heterocycles. The predicted molar refractivity (Wildman–Crippen MR) is 98.5 cm³/mol. The van der Waals surface area contributed by atoms with Crippen LogP contribution in [0.1, 0.15) is 37.8 Å². The summed E-state index contributed by atoms with van der Waals surface area (Å²) >= 11 is 0. The fourth-order valence-electron chi connectivity index (χ4n) is 3.14. The van der Waals surface area contributed by atoms with E-state index in [1.54, 1.807) is 0 Å². The summed E-state index contributed by atoms with van der Waals surface area (Å²) in [6, 6.07) is 16.5. The maximum absolute atomic E-state index is 12.0. The van der Waals surface area contributed by atoms with E-state index in [0.29, 0.717) is 0 Å². The molecule has 2 N–H and O–H groups in total. The van der Waals surface area contributed by atoms with Gasteiger partial charge in [0.1, 0.15) is 6.61 Å². The van der Waals surface area contributed by atoms with Crippen LogP contribution in [0.25, 0.3) is 11.1 Å². The summed E-state index contributed by atoms with van der Waals surface area (Å²) in [5.41, 5.74) is 4.50. The minimum absolute atomic E-state index is 0.0469. The second-order valence-electron chi connectivity index (χ2n) is 7.59. The van der Waals surface area contributed by atoms with Gasteiger partial charge >= 0.3 is 6.09 Å². The number of amides is 1. The molecule has 1 aliphatic rings. The Balaban J connectivity index is 1.65. The van der Waals surface area contributed by atoms with Crippen molar-refractivity contribution in [2.45, 2.75) is 32.8 Å². The molecule has 0 heterocycles. The van der Waals surface area contributed by atoms with E-state index in [9.17, 15) is 9.90 Å². The molecular weight excluding hydrogens is 314 g/mol. The third kappa shape index (κ3) is 3.69. The largest absolute Gasteiger partial charge is 0.449 e. The number of carbonyl (C=O) groups excluding carboxylic acids is 1. The summed E-state index contributed by atoms with van der Waals surface area (Å²) < 4.78 is 5.44. The fourth-order valence-corrected chi connectivity index (χ4v) is 3.14. The van der Waals surface area contributed by atoms with E-state index in [-0.39, 0.29) is 24.5 Å². The third-order valence-electron chi connectivity index (χ3n) is 4.78. The number of aliphatic hydroxyl groups excluding tert-OH is 1. The maximum atomic E-state index is 12.0. The van der Waals surface area contributed by atoms with Crippen LogP contribution in [-0.4, -0.2) is 30.5 Å². The first-order chi connectivity index (χ1) is 11.9. The van der Waals surface area contributed by atoms with Gasteiger partial charge in [-0.05, 0) is 27.7 Å². The number of aliphatic hydroxyl groups is 1. The van der Waals surface area contributed by atoms with Gasteiger partial charge in [-0.1, -0.05) is 69.3 Å². The van der Waals surface area contributed by atoms with Crippen LogP contribution in [0.4, 0.5) is 4.79 Å². The predicted octanol–water partition coefficient (Wildman–Crippen LogP) is 3.93. The molecule has 1 atom stereocenters. The van der Waals surface area contributed by atoms with Gasteiger partial charge in [-0.15, -0.1) is 0 Å². The van der Waals surface area contributed by atoms with E-state index in [2.05, 4.69) is 29.6 Å². The highest BCUT2D eigenvalue weighted by molar-refractivity contribution is 5.79. The Morgan fingerprint density at radius 1 is 1.08 bits per heavy atom. The number of hydrogen-bond acceptors (Lipinski definition) is 3. The number of carbonyl (C=O) groups is 1. The van der Waals surface area contributed by atoms with Crippen LogP contribution in [0.3, 0.4) is 0 Å². The van der Waals surface area contributed by atoms with Crippen LogP contribution < -0.4 is 5.32 Å². The molecule has 0 radical (unpaired) electrons. The van der Waals surface area contributed by atoms with Crippen LogP contribution in [0.5, 0.6) is 0 Å². The smallest absolute Gasteiger partial charge is 0.407 e. The topological polar surface area (TPSA) is 58.6 Å². The van der Waals surface area contributed by atoms with E-state index >= 15 is 0 Å². The van der Waals surface area contributed by atoms with Gasteiger partial charge in [-0.25, -0.2) is 4.79 Å². The Bertz CT molecular complexity index is 718. The second-order valence-corrected chi connectivity index (χ2v) is 7.59. The van der Waals surface area contributed by atoms with Gasteiger partial charge in [0.05, 0.1) is 6.10 Å². The van der Waals surface area contributed by atoms with Crippen LogP contribution in [0.15, 0.2) is 48.5 Å². The van der Waals surface area contributed by atoms with Gasteiger partial charge < -0.3 is 15.2 Å². The highest BCUT2D eigenvalue weighted by Gasteiger charge is 2.29. The SMILES string of the molecule is CC(C)(C)C(O)CNC(=O)OCC1c2ccccc2-c2ccccc21. The molecular formula is C21H25NO3. The molecule has 1 aliphatic carbocycles. The van der Waals surface area contributed by atoms with Gasteiger partial charge in [0, 0.05) is 12.5 Å². The van der Waals surface area contributed by atoms with E-state index < -0.39 is 12.2 Å². The van der Waals surface area contributed by atoms with Crippen LogP contribution in [0, 0.1) is 5.41 Å². The molecule has 4 nitrogen and oxygen atoms in total. The standard InChI is InChI=1S/C21H25NO3/c1-21(2,3)19(23)12-22-20(24)25-13-18-16-10-6-4-8-14(16)15-9-5-7-11-17(15)18/h4-11,18-19,23H,12-13H2,1-3H3,(H,22,24).